The maximum atomic E-state index is 10.8. The van der Waals surface area contributed by atoms with E-state index in [0.29, 0.717) is 12.5 Å². The van der Waals surface area contributed by atoms with E-state index in [-0.39, 0.29) is 24.8 Å². The zero-order valence-corrected chi connectivity index (χ0v) is 19.2. The van der Waals surface area contributed by atoms with Crippen LogP contribution in [0, 0.1) is 5.92 Å². The Kier molecular flexibility index (Phi) is 25.2. The van der Waals surface area contributed by atoms with Crippen molar-refractivity contribution in [3.63, 3.8) is 0 Å². The SMILES string of the molecule is C=C(C=CC(=O)O)C(=O)OC.C=CC(=O)OCC(CC)CCCC.C=CC(=O)OCCO. The van der Waals surface area contributed by atoms with Crippen molar-refractivity contribution in [1.82, 2.24) is 0 Å². The number of carbonyl (C=O) groups excluding carboxylic acids is 3. The fraction of sp³-hybridized carbons (Fsp3) is 0.478. The molecule has 0 aromatic carbocycles. The molecule has 0 bridgehead atoms. The average molecular weight is 457 g/mol. The molecule has 9 heteroatoms. The Morgan fingerprint density at radius 3 is 1.97 bits per heavy atom. The quantitative estimate of drug-likeness (QED) is 0.185. The summed E-state index contributed by atoms with van der Waals surface area (Å²) in [5.74, 6) is -2.06. The van der Waals surface area contributed by atoms with Crippen molar-refractivity contribution in [2.24, 2.45) is 5.92 Å². The molecule has 1 unspecified atom stereocenters. The predicted octanol–water partition coefficient (Wildman–Crippen LogP) is 3.00. The van der Waals surface area contributed by atoms with Gasteiger partial charge in [-0.3, -0.25) is 0 Å². The average Bonchev–Trinajstić information content (AvgIpc) is 2.80. The minimum Gasteiger partial charge on any atom is -0.478 e. The third-order valence-electron chi connectivity index (χ3n) is 3.55. The molecule has 0 saturated heterocycles. The molecule has 0 rings (SSSR count). The van der Waals surface area contributed by atoms with Crippen molar-refractivity contribution in [3.8, 4) is 0 Å². The molecule has 182 valence electrons. The van der Waals surface area contributed by atoms with Gasteiger partial charge >= 0.3 is 23.9 Å². The Morgan fingerprint density at radius 2 is 1.56 bits per heavy atom. The summed E-state index contributed by atoms with van der Waals surface area (Å²) in [4.78, 5) is 41.4. The molecule has 0 radical (unpaired) electrons. The molecule has 0 spiro atoms. The normalized spacial score (nSPS) is 10.2. The van der Waals surface area contributed by atoms with E-state index in [9.17, 15) is 19.2 Å². The Morgan fingerprint density at radius 1 is 1.00 bits per heavy atom. The van der Waals surface area contributed by atoms with E-state index in [1.165, 1.54) is 26.0 Å². The molecule has 0 aromatic rings. The van der Waals surface area contributed by atoms with Gasteiger partial charge in [0.1, 0.15) is 6.61 Å². The number of aliphatic hydroxyl groups excluding tert-OH is 1. The zero-order chi connectivity index (χ0) is 25.4. The van der Waals surface area contributed by atoms with Gasteiger partial charge in [-0.05, 0) is 18.4 Å². The third kappa shape index (κ3) is 24.8. The fourth-order valence-electron chi connectivity index (χ4n) is 1.73. The Balaban J connectivity index is -0.000000406. The molecule has 1 atom stereocenters. The lowest BCUT2D eigenvalue weighted by Gasteiger charge is -2.13. The van der Waals surface area contributed by atoms with Crippen LogP contribution in [0.1, 0.15) is 39.5 Å². The van der Waals surface area contributed by atoms with E-state index in [2.05, 4.69) is 43.1 Å². The second kappa shape index (κ2) is 24.1. The molecule has 0 amide bonds. The lowest BCUT2D eigenvalue weighted by Crippen LogP contribution is -2.12. The van der Waals surface area contributed by atoms with Gasteiger partial charge in [-0.2, -0.15) is 0 Å². The number of aliphatic carboxylic acids is 1. The highest BCUT2D eigenvalue weighted by molar-refractivity contribution is 5.92. The first-order valence-electron chi connectivity index (χ1n) is 10.0. The summed E-state index contributed by atoms with van der Waals surface area (Å²) < 4.78 is 13.6. The number of ether oxygens (including phenoxy) is 3. The second-order valence-corrected chi connectivity index (χ2v) is 6.03. The van der Waals surface area contributed by atoms with Crippen LogP contribution in [0.4, 0.5) is 0 Å². The van der Waals surface area contributed by atoms with Crippen molar-refractivity contribution in [3.05, 3.63) is 49.6 Å². The van der Waals surface area contributed by atoms with Crippen LogP contribution in [0.3, 0.4) is 0 Å². The van der Waals surface area contributed by atoms with Crippen molar-refractivity contribution in [2.75, 3.05) is 26.9 Å². The van der Waals surface area contributed by atoms with Crippen LogP contribution in [0.2, 0.25) is 0 Å². The van der Waals surface area contributed by atoms with Gasteiger partial charge in [0.05, 0.1) is 25.9 Å². The van der Waals surface area contributed by atoms with E-state index >= 15 is 0 Å². The molecule has 0 heterocycles. The highest BCUT2D eigenvalue weighted by Gasteiger charge is 2.07. The third-order valence-corrected chi connectivity index (χ3v) is 3.55. The van der Waals surface area contributed by atoms with Crippen LogP contribution in [0.25, 0.3) is 0 Å². The number of methoxy groups -OCH3 is 1. The molecule has 0 aromatic heterocycles. The fourth-order valence-corrected chi connectivity index (χ4v) is 1.73. The molecule has 0 aliphatic heterocycles. The van der Waals surface area contributed by atoms with Gasteiger partial charge in [0.15, 0.2) is 0 Å². The standard InChI is InChI=1S/C11H20O2.C7H8O4.C5H8O3/c1-4-7-8-10(5-2)9-13-11(12)6-3;1-5(7(10)11-2)3-4-6(8)9;1-2-5(7)8-4-3-6/h6,10H,3-5,7-9H2,1-2H3;3-4H,1H2,2H3,(H,8,9);2,6H,1,3-4H2. The number of esters is 3. The summed E-state index contributed by atoms with van der Waals surface area (Å²) >= 11 is 0. The van der Waals surface area contributed by atoms with Gasteiger partial charge in [-0.1, -0.05) is 52.8 Å². The van der Waals surface area contributed by atoms with E-state index in [1.807, 2.05) is 0 Å². The van der Waals surface area contributed by atoms with Gasteiger partial charge in [-0.25, -0.2) is 19.2 Å². The number of carboxylic acids is 1. The first-order valence-corrected chi connectivity index (χ1v) is 10.0. The number of carbonyl (C=O) groups is 4. The maximum absolute atomic E-state index is 10.8. The zero-order valence-electron chi connectivity index (χ0n) is 19.2. The van der Waals surface area contributed by atoms with Gasteiger partial charge in [0.25, 0.3) is 0 Å². The highest BCUT2D eigenvalue weighted by Crippen LogP contribution is 2.12. The monoisotopic (exact) mass is 456 g/mol. The summed E-state index contributed by atoms with van der Waals surface area (Å²) in [5, 5.41) is 16.2. The number of hydrogen-bond donors (Lipinski definition) is 2. The van der Waals surface area contributed by atoms with Crippen LogP contribution in [-0.4, -0.2) is 61.0 Å². The van der Waals surface area contributed by atoms with E-state index in [0.717, 1.165) is 31.1 Å². The smallest absolute Gasteiger partial charge is 0.337 e. The number of hydrogen-bond acceptors (Lipinski definition) is 8. The van der Waals surface area contributed by atoms with Crippen molar-refractivity contribution >= 4 is 23.9 Å². The molecule has 32 heavy (non-hydrogen) atoms. The Bertz CT molecular complexity index is 621. The van der Waals surface area contributed by atoms with Crippen molar-refractivity contribution in [1.29, 1.82) is 0 Å². The van der Waals surface area contributed by atoms with Gasteiger partial charge in [0, 0.05) is 18.2 Å². The molecule has 9 nitrogen and oxygen atoms in total. The summed E-state index contributed by atoms with van der Waals surface area (Å²) in [6, 6.07) is 0. The van der Waals surface area contributed by atoms with Gasteiger partial charge < -0.3 is 24.4 Å². The van der Waals surface area contributed by atoms with Crippen LogP contribution in [0.5, 0.6) is 0 Å². The molecular formula is C23H36O9. The molecule has 0 saturated carbocycles. The van der Waals surface area contributed by atoms with Crippen molar-refractivity contribution < 1.29 is 43.6 Å². The van der Waals surface area contributed by atoms with Gasteiger partial charge in [-0.15, -0.1) is 0 Å². The number of carboxylic acid groups (broad SMARTS) is 1. The van der Waals surface area contributed by atoms with Crippen LogP contribution >= 0.6 is 0 Å². The summed E-state index contributed by atoms with van der Waals surface area (Å²) in [6.07, 6.45) is 8.80. The van der Waals surface area contributed by atoms with Crippen LogP contribution in [0.15, 0.2) is 49.6 Å². The number of rotatable bonds is 13. The molecule has 0 aliphatic carbocycles. The Hall–Kier alpha value is -3.20. The molecule has 0 aliphatic rings. The van der Waals surface area contributed by atoms with Crippen LogP contribution < -0.4 is 0 Å². The second-order valence-electron chi connectivity index (χ2n) is 6.03. The Labute approximate surface area is 190 Å². The number of aliphatic hydroxyl groups is 1. The largest absolute Gasteiger partial charge is 0.478 e. The molecule has 2 N–H and O–H groups in total. The predicted molar refractivity (Wildman–Crippen MR) is 121 cm³/mol. The first-order chi connectivity index (χ1) is 15.1. The van der Waals surface area contributed by atoms with Crippen molar-refractivity contribution in [2.45, 2.75) is 39.5 Å². The lowest BCUT2D eigenvalue weighted by molar-refractivity contribution is -0.139. The van der Waals surface area contributed by atoms with Gasteiger partial charge in [0.2, 0.25) is 0 Å². The summed E-state index contributed by atoms with van der Waals surface area (Å²) in [7, 11) is 1.20. The minimum absolute atomic E-state index is 0.00917. The van der Waals surface area contributed by atoms with E-state index in [1.54, 1.807) is 0 Å². The lowest BCUT2D eigenvalue weighted by atomic mass is 10.0. The van der Waals surface area contributed by atoms with E-state index in [4.69, 9.17) is 14.9 Å². The topological polar surface area (TPSA) is 136 Å². The van der Waals surface area contributed by atoms with E-state index < -0.39 is 17.9 Å². The number of unbranched alkanes of at least 4 members (excludes halogenated alkanes) is 1. The minimum atomic E-state index is -1.13. The summed E-state index contributed by atoms with van der Waals surface area (Å²) in [6.45, 7) is 14.5. The highest BCUT2D eigenvalue weighted by atomic mass is 16.5. The summed E-state index contributed by atoms with van der Waals surface area (Å²) in [5.41, 5.74) is 0.00917. The first kappa shape index (κ1) is 33.4. The molecule has 0 fully saturated rings. The maximum Gasteiger partial charge on any atom is 0.337 e. The molecular weight excluding hydrogens is 420 g/mol. The van der Waals surface area contributed by atoms with Crippen LogP contribution in [-0.2, 0) is 33.4 Å².